The Kier molecular flexibility index (Phi) is 4.48. The van der Waals surface area contributed by atoms with Crippen molar-refractivity contribution in [3.05, 3.63) is 33.8 Å². The number of carbonyl (C=O) groups is 2. The lowest BCUT2D eigenvalue weighted by Gasteiger charge is -2.23. The van der Waals surface area contributed by atoms with Gasteiger partial charge in [0.15, 0.2) is 5.41 Å². The molecule has 0 atom stereocenters. The van der Waals surface area contributed by atoms with Crippen molar-refractivity contribution < 1.29 is 19.1 Å². The largest absolute Gasteiger partial charge is 0.465 e. The third-order valence-electron chi connectivity index (χ3n) is 3.49. The van der Waals surface area contributed by atoms with Gasteiger partial charge >= 0.3 is 11.9 Å². The van der Waals surface area contributed by atoms with E-state index in [0.717, 1.165) is 15.6 Å². The summed E-state index contributed by atoms with van der Waals surface area (Å²) in [6.07, 6.45) is 0.673. The molecule has 0 unspecified atom stereocenters. The van der Waals surface area contributed by atoms with Gasteiger partial charge in [0.1, 0.15) is 0 Å². The summed E-state index contributed by atoms with van der Waals surface area (Å²) in [5.74, 6) is -0.989. The van der Waals surface area contributed by atoms with Crippen LogP contribution in [-0.2, 0) is 31.9 Å². The van der Waals surface area contributed by atoms with Gasteiger partial charge in [-0.05, 0) is 49.9 Å². The molecule has 0 aromatic heterocycles. The normalized spacial score (nSPS) is 15.6. The van der Waals surface area contributed by atoms with Crippen molar-refractivity contribution in [1.82, 2.24) is 0 Å². The average molecular weight is 341 g/mol. The highest BCUT2D eigenvalue weighted by molar-refractivity contribution is 9.10. The smallest absolute Gasteiger partial charge is 0.324 e. The maximum Gasteiger partial charge on any atom is 0.324 e. The Morgan fingerprint density at radius 3 is 2.20 bits per heavy atom. The molecule has 1 aliphatic carbocycles. The third kappa shape index (κ3) is 2.59. The standard InChI is InChI=1S/C15H17BrO4/c1-3-19-13(17)15(14(18)20-4-2)8-10-5-6-12(16)7-11(10)9-15/h5-7H,3-4,8-9H2,1-2H3. The van der Waals surface area contributed by atoms with Crippen LogP contribution >= 0.6 is 15.9 Å². The van der Waals surface area contributed by atoms with Crippen LogP contribution < -0.4 is 0 Å². The Morgan fingerprint density at radius 2 is 1.65 bits per heavy atom. The fourth-order valence-electron chi connectivity index (χ4n) is 2.55. The highest BCUT2D eigenvalue weighted by Crippen LogP contribution is 2.40. The van der Waals surface area contributed by atoms with Gasteiger partial charge in [-0.25, -0.2) is 0 Å². The molecule has 0 aliphatic heterocycles. The maximum absolute atomic E-state index is 12.3. The summed E-state index contributed by atoms with van der Waals surface area (Å²) in [7, 11) is 0. The molecule has 0 bridgehead atoms. The second-order valence-electron chi connectivity index (χ2n) is 4.79. The van der Waals surface area contributed by atoms with Gasteiger partial charge < -0.3 is 9.47 Å². The zero-order valence-corrected chi connectivity index (χ0v) is 13.2. The summed E-state index contributed by atoms with van der Waals surface area (Å²) >= 11 is 3.41. The van der Waals surface area contributed by atoms with Crippen LogP contribution in [-0.4, -0.2) is 25.2 Å². The average Bonchev–Trinajstić information content (AvgIpc) is 2.79. The molecule has 0 saturated heterocycles. The van der Waals surface area contributed by atoms with Gasteiger partial charge in [0.05, 0.1) is 13.2 Å². The Bertz CT molecular complexity index is 521. The molecule has 2 rings (SSSR count). The van der Waals surface area contributed by atoms with E-state index in [2.05, 4.69) is 15.9 Å². The molecule has 1 aliphatic rings. The van der Waals surface area contributed by atoms with Gasteiger partial charge in [-0.2, -0.15) is 0 Å². The number of ether oxygens (including phenoxy) is 2. The van der Waals surface area contributed by atoms with Crippen molar-refractivity contribution in [3.63, 3.8) is 0 Å². The number of carbonyl (C=O) groups excluding carboxylic acids is 2. The van der Waals surface area contributed by atoms with Gasteiger partial charge in [0, 0.05) is 4.47 Å². The van der Waals surface area contributed by atoms with E-state index in [1.165, 1.54) is 0 Å². The van der Waals surface area contributed by atoms with Crippen molar-refractivity contribution >= 4 is 27.9 Å². The van der Waals surface area contributed by atoms with Gasteiger partial charge in [0.2, 0.25) is 0 Å². The monoisotopic (exact) mass is 340 g/mol. The fourth-order valence-corrected chi connectivity index (χ4v) is 2.96. The van der Waals surface area contributed by atoms with E-state index in [1.807, 2.05) is 18.2 Å². The van der Waals surface area contributed by atoms with E-state index in [-0.39, 0.29) is 13.2 Å². The lowest BCUT2D eigenvalue weighted by Crippen LogP contribution is -2.43. The predicted molar refractivity (Wildman–Crippen MR) is 77.2 cm³/mol. The Labute approximate surface area is 126 Å². The molecule has 4 nitrogen and oxygen atoms in total. The van der Waals surface area contributed by atoms with E-state index in [1.54, 1.807) is 13.8 Å². The zero-order valence-electron chi connectivity index (χ0n) is 11.6. The topological polar surface area (TPSA) is 52.6 Å². The number of benzene rings is 1. The highest BCUT2D eigenvalue weighted by atomic mass is 79.9. The molecule has 0 N–H and O–H groups in total. The molecule has 0 amide bonds. The molecular formula is C15H17BrO4. The molecule has 0 fully saturated rings. The highest BCUT2D eigenvalue weighted by Gasteiger charge is 2.52. The van der Waals surface area contributed by atoms with Crippen LogP contribution in [0.2, 0.25) is 0 Å². The van der Waals surface area contributed by atoms with Crippen molar-refractivity contribution in [2.24, 2.45) is 5.41 Å². The summed E-state index contributed by atoms with van der Waals surface area (Å²) in [5.41, 5.74) is 0.754. The van der Waals surface area contributed by atoms with Gasteiger partial charge in [-0.3, -0.25) is 9.59 Å². The van der Waals surface area contributed by atoms with Crippen molar-refractivity contribution in [2.45, 2.75) is 26.7 Å². The summed E-state index contributed by atoms with van der Waals surface area (Å²) < 4.78 is 11.1. The van der Waals surface area contributed by atoms with Crippen molar-refractivity contribution in [2.75, 3.05) is 13.2 Å². The Morgan fingerprint density at radius 1 is 1.10 bits per heavy atom. The molecule has 108 valence electrons. The van der Waals surface area contributed by atoms with E-state index in [0.29, 0.717) is 12.8 Å². The SMILES string of the molecule is CCOC(=O)C1(C(=O)OCC)Cc2ccc(Br)cc2C1. The van der Waals surface area contributed by atoms with Crippen LogP contribution in [0.1, 0.15) is 25.0 Å². The molecule has 5 heteroatoms. The third-order valence-corrected chi connectivity index (χ3v) is 3.98. The maximum atomic E-state index is 12.3. The Hall–Kier alpha value is -1.36. The number of rotatable bonds is 4. The first-order chi connectivity index (χ1) is 9.53. The summed E-state index contributed by atoms with van der Waals surface area (Å²) in [5, 5.41) is 0. The second-order valence-corrected chi connectivity index (χ2v) is 5.71. The molecule has 20 heavy (non-hydrogen) atoms. The minimum absolute atomic E-state index is 0.250. The van der Waals surface area contributed by atoms with Gasteiger partial charge in [-0.15, -0.1) is 0 Å². The number of hydrogen-bond donors (Lipinski definition) is 0. The van der Waals surface area contributed by atoms with E-state index in [9.17, 15) is 9.59 Å². The first-order valence-electron chi connectivity index (χ1n) is 6.65. The summed E-state index contributed by atoms with van der Waals surface area (Å²) in [6.45, 7) is 3.96. The number of halogens is 1. The minimum atomic E-state index is -1.23. The van der Waals surface area contributed by atoms with Crippen LogP contribution in [0.5, 0.6) is 0 Å². The summed E-state index contributed by atoms with van der Waals surface area (Å²) in [6, 6.07) is 5.78. The molecule has 1 aromatic carbocycles. The van der Waals surface area contributed by atoms with E-state index >= 15 is 0 Å². The quantitative estimate of drug-likeness (QED) is 0.624. The van der Waals surface area contributed by atoms with Crippen LogP contribution in [0.15, 0.2) is 22.7 Å². The van der Waals surface area contributed by atoms with Crippen LogP contribution in [0, 0.1) is 5.41 Å². The van der Waals surface area contributed by atoms with Crippen molar-refractivity contribution in [3.8, 4) is 0 Å². The van der Waals surface area contributed by atoms with Gasteiger partial charge in [-0.1, -0.05) is 22.0 Å². The lowest BCUT2D eigenvalue weighted by atomic mass is 9.85. The lowest BCUT2D eigenvalue weighted by molar-refractivity contribution is -0.171. The van der Waals surface area contributed by atoms with Crippen LogP contribution in [0.25, 0.3) is 0 Å². The molecule has 0 spiro atoms. The minimum Gasteiger partial charge on any atom is -0.465 e. The predicted octanol–water partition coefficient (Wildman–Crippen LogP) is 2.66. The fraction of sp³-hybridized carbons (Fsp3) is 0.467. The van der Waals surface area contributed by atoms with E-state index < -0.39 is 17.4 Å². The Balaban J connectivity index is 2.37. The second kappa shape index (κ2) is 5.95. The zero-order chi connectivity index (χ0) is 14.8. The van der Waals surface area contributed by atoms with Crippen LogP contribution in [0.4, 0.5) is 0 Å². The number of fused-ring (bicyclic) bond motifs is 1. The molecule has 0 radical (unpaired) electrons. The molecule has 1 aromatic rings. The van der Waals surface area contributed by atoms with Crippen LogP contribution in [0.3, 0.4) is 0 Å². The van der Waals surface area contributed by atoms with Crippen molar-refractivity contribution in [1.29, 1.82) is 0 Å². The number of esters is 2. The molecule has 0 saturated carbocycles. The first-order valence-corrected chi connectivity index (χ1v) is 7.44. The van der Waals surface area contributed by atoms with Gasteiger partial charge in [0.25, 0.3) is 0 Å². The summed E-state index contributed by atoms with van der Waals surface area (Å²) in [4.78, 5) is 24.6. The first kappa shape index (κ1) is 15.0. The van der Waals surface area contributed by atoms with E-state index in [4.69, 9.17) is 9.47 Å². The molecular weight excluding hydrogens is 324 g/mol. The molecule has 0 heterocycles. The number of hydrogen-bond acceptors (Lipinski definition) is 4.